The van der Waals surface area contributed by atoms with Crippen molar-refractivity contribution in [2.45, 2.75) is 84.2 Å². The van der Waals surface area contributed by atoms with Gasteiger partial charge in [-0.15, -0.1) is 0 Å². The van der Waals surface area contributed by atoms with Gasteiger partial charge in [-0.1, -0.05) is 13.8 Å². The maximum Gasteiger partial charge on any atom is 0.133 e. The van der Waals surface area contributed by atoms with Gasteiger partial charge in [-0.05, 0) is 86.4 Å². The first-order valence-electron chi connectivity index (χ1n) is 9.52. The van der Waals surface area contributed by atoms with E-state index in [4.69, 9.17) is 0 Å². The zero-order valence-electron chi connectivity index (χ0n) is 14.5. The molecule has 22 heavy (non-hydrogen) atoms. The van der Waals surface area contributed by atoms with E-state index in [1.807, 2.05) is 0 Å². The summed E-state index contributed by atoms with van der Waals surface area (Å²) < 4.78 is 0. The molecule has 7 atom stereocenters. The largest absolute Gasteiger partial charge is 0.390 e. The Morgan fingerprint density at radius 1 is 0.955 bits per heavy atom. The summed E-state index contributed by atoms with van der Waals surface area (Å²) in [6, 6.07) is 0. The highest BCUT2D eigenvalue weighted by molar-refractivity contribution is 5.79. The topological polar surface area (TPSA) is 37.3 Å². The first-order chi connectivity index (χ1) is 10.3. The third kappa shape index (κ3) is 1.79. The van der Waals surface area contributed by atoms with Gasteiger partial charge in [0.2, 0.25) is 0 Å². The minimum atomic E-state index is -0.469. The third-order valence-electron chi connectivity index (χ3n) is 9.04. The molecular weight excluding hydrogens is 272 g/mol. The molecule has 0 heterocycles. The number of hydrogen-bond acceptors (Lipinski definition) is 2. The molecule has 0 aromatic rings. The lowest BCUT2D eigenvalue weighted by molar-refractivity contribution is -0.152. The van der Waals surface area contributed by atoms with E-state index in [2.05, 4.69) is 20.8 Å². The van der Waals surface area contributed by atoms with E-state index in [0.717, 1.165) is 37.5 Å². The van der Waals surface area contributed by atoms with Gasteiger partial charge in [-0.3, -0.25) is 4.79 Å². The van der Waals surface area contributed by atoms with Crippen molar-refractivity contribution < 1.29 is 9.90 Å². The van der Waals surface area contributed by atoms with Gasteiger partial charge < -0.3 is 5.11 Å². The Hall–Kier alpha value is -0.370. The summed E-state index contributed by atoms with van der Waals surface area (Å²) in [6.45, 7) is 6.94. The Kier molecular flexibility index (Phi) is 3.16. The maximum absolute atomic E-state index is 11.9. The van der Waals surface area contributed by atoms with Gasteiger partial charge >= 0.3 is 0 Å². The third-order valence-corrected chi connectivity index (χ3v) is 9.04. The molecule has 4 aliphatic carbocycles. The second-order valence-corrected chi connectivity index (χ2v) is 9.67. The van der Waals surface area contributed by atoms with Crippen molar-refractivity contribution in [2.24, 2.45) is 34.5 Å². The van der Waals surface area contributed by atoms with Gasteiger partial charge in [0.05, 0.1) is 5.60 Å². The van der Waals surface area contributed by atoms with Crippen molar-refractivity contribution in [1.82, 2.24) is 0 Å². The molecule has 124 valence electrons. The molecule has 2 heteroatoms. The first-order valence-corrected chi connectivity index (χ1v) is 9.52. The molecule has 4 aliphatic rings. The quantitative estimate of drug-likeness (QED) is 0.722. The van der Waals surface area contributed by atoms with E-state index >= 15 is 0 Å². The van der Waals surface area contributed by atoms with Gasteiger partial charge in [0.1, 0.15) is 5.78 Å². The Labute approximate surface area is 135 Å². The highest BCUT2D eigenvalue weighted by Crippen LogP contribution is 2.67. The number of ketones is 1. The number of rotatable bonds is 0. The Bertz CT molecular complexity index is 496. The number of carbonyl (C=O) groups is 1. The van der Waals surface area contributed by atoms with Crippen LogP contribution in [0.4, 0.5) is 0 Å². The maximum atomic E-state index is 11.9. The molecule has 4 saturated carbocycles. The molecule has 4 rings (SSSR count). The van der Waals surface area contributed by atoms with Crippen LogP contribution in [-0.4, -0.2) is 16.5 Å². The average Bonchev–Trinajstić information content (AvgIpc) is 2.70. The second-order valence-electron chi connectivity index (χ2n) is 9.67. The number of fused-ring (bicyclic) bond motifs is 5. The summed E-state index contributed by atoms with van der Waals surface area (Å²) in [5.74, 6) is 3.44. The lowest BCUT2D eigenvalue weighted by Gasteiger charge is -2.60. The van der Waals surface area contributed by atoms with Crippen LogP contribution in [0.2, 0.25) is 0 Å². The van der Waals surface area contributed by atoms with E-state index in [1.165, 1.54) is 32.1 Å². The van der Waals surface area contributed by atoms with Gasteiger partial charge in [-0.2, -0.15) is 0 Å². The van der Waals surface area contributed by atoms with Crippen molar-refractivity contribution in [2.75, 3.05) is 0 Å². The molecule has 0 aliphatic heterocycles. The van der Waals surface area contributed by atoms with Crippen LogP contribution in [0, 0.1) is 34.5 Å². The highest BCUT2D eigenvalue weighted by atomic mass is 16.3. The van der Waals surface area contributed by atoms with Crippen LogP contribution in [0.1, 0.15) is 78.6 Å². The second kappa shape index (κ2) is 4.59. The van der Waals surface area contributed by atoms with Crippen molar-refractivity contribution in [3.05, 3.63) is 0 Å². The molecule has 0 spiro atoms. The molecule has 0 saturated heterocycles. The van der Waals surface area contributed by atoms with Gasteiger partial charge in [0.25, 0.3) is 0 Å². The number of carbonyl (C=O) groups excluding carboxylic acids is 1. The summed E-state index contributed by atoms with van der Waals surface area (Å²) in [6.07, 6.45) is 9.98. The Morgan fingerprint density at radius 3 is 2.45 bits per heavy atom. The van der Waals surface area contributed by atoms with Crippen molar-refractivity contribution in [3.8, 4) is 0 Å². The van der Waals surface area contributed by atoms with E-state index < -0.39 is 5.60 Å². The van der Waals surface area contributed by atoms with Crippen LogP contribution < -0.4 is 0 Å². The first kappa shape index (κ1) is 15.2. The summed E-state index contributed by atoms with van der Waals surface area (Å²) in [5.41, 5.74) is 0.0530. The van der Waals surface area contributed by atoms with Crippen LogP contribution in [0.3, 0.4) is 0 Å². The van der Waals surface area contributed by atoms with Crippen molar-refractivity contribution in [3.63, 3.8) is 0 Å². The van der Waals surface area contributed by atoms with Crippen LogP contribution in [0.25, 0.3) is 0 Å². The van der Waals surface area contributed by atoms with Crippen molar-refractivity contribution in [1.29, 1.82) is 0 Å². The summed E-state index contributed by atoms with van der Waals surface area (Å²) in [7, 11) is 0. The molecule has 0 amide bonds. The van der Waals surface area contributed by atoms with Gasteiger partial charge in [-0.25, -0.2) is 0 Å². The molecule has 0 aromatic carbocycles. The fourth-order valence-corrected chi connectivity index (χ4v) is 7.29. The zero-order valence-corrected chi connectivity index (χ0v) is 14.5. The SMILES string of the molecule is C[C@]12CCC(=O)C[C@H]1CC[C@H]1[C@H]2CC[C@]2(C)[C@@H]1CC[C@]2(C)O. The van der Waals surface area contributed by atoms with E-state index in [1.54, 1.807) is 0 Å². The van der Waals surface area contributed by atoms with E-state index in [-0.39, 0.29) is 5.41 Å². The van der Waals surface area contributed by atoms with E-state index in [0.29, 0.717) is 23.0 Å². The Balaban J connectivity index is 1.65. The molecule has 0 aromatic heterocycles. The van der Waals surface area contributed by atoms with Crippen LogP contribution in [0.5, 0.6) is 0 Å². The number of hydrogen-bond donors (Lipinski definition) is 1. The zero-order chi connectivity index (χ0) is 15.8. The van der Waals surface area contributed by atoms with E-state index in [9.17, 15) is 9.90 Å². The predicted octanol–water partition coefficient (Wildman–Crippen LogP) is 4.35. The molecular formula is C20H32O2. The Morgan fingerprint density at radius 2 is 1.68 bits per heavy atom. The average molecular weight is 304 g/mol. The van der Waals surface area contributed by atoms with Crippen LogP contribution in [0.15, 0.2) is 0 Å². The monoisotopic (exact) mass is 304 g/mol. The fourth-order valence-electron chi connectivity index (χ4n) is 7.29. The lowest BCUT2D eigenvalue weighted by atomic mass is 9.44. The summed E-state index contributed by atoms with van der Waals surface area (Å²) >= 11 is 0. The van der Waals surface area contributed by atoms with Crippen LogP contribution >= 0.6 is 0 Å². The number of aliphatic hydroxyl groups is 1. The molecule has 0 radical (unpaired) electrons. The van der Waals surface area contributed by atoms with Gasteiger partial charge in [0.15, 0.2) is 0 Å². The lowest BCUT2D eigenvalue weighted by Crippen LogP contribution is -2.55. The summed E-state index contributed by atoms with van der Waals surface area (Å²) in [4.78, 5) is 11.9. The molecule has 4 fully saturated rings. The van der Waals surface area contributed by atoms with Gasteiger partial charge in [0, 0.05) is 12.8 Å². The van der Waals surface area contributed by atoms with Crippen molar-refractivity contribution >= 4 is 5.78 Å². The fraction of sp³-hybridized carbons (Fsp3) is 0.950. The normalized spacial score (nSPS) is 57.9. The molecule has 0 bridgehead atoms. The minimum absolute atomic E-state index is 0.127. The highest BCUT2D eigenvalue weighted by Gasteiger charge is 2.63. The molecule has 0 unspecified atom stereocenters. The predicted molar refractivity (Wildman–Crippen MR) is 87.4 cm³/mol. The summed E-state index contributed by atoms with van der Waals surface area (Å²) in [5, 5.41) is 10.9. The smallest absolute Gasteiger partial charge is 0.133 e. The number of Topliss-reactive ketones (excluding diaryl/α,β-unsaturated/α-hetero) is 1. The van der Waals surface area contributed by atoms with Crippen LogP contribution in [-0.2, 0) is 4.79 Å². The standard InChI is InChI=1S/C20H32O2/c1-18-9-6-14(21)12-13(18)4-5-15-16(18)7-10-19(2)17(15)8-11-20(19,3)22/h13,15-17,22H,4-12H2,1-3H3/t13-,15+,16-,17-,18+,19-,20+/m1/s1. The molecule has 2 nitrogen and oxygen atoms in total. The minimum Gasteiger partial charge on any atom is -0.390 e. The molecule has 1 N–H and O–H groups in total.